The van der Waals surface area contributed by atoms with Crippen molar-refractivity contribution in [3.05, 3.63) is 80.6 Å². The van der Waals surface area contributed by atoms with E-state index in [2.05, 4.69) is 22.0 Å². The van der Waals surface area contributed by atoms with Crippen molar-refractivity contribution in [1.29, 1.82) is 0 Å². The summed E-state index contributed by atoms with van der Waals surface area (Å²) in [5.41, 5.74) is 0.234. The lowest BCUT2D eigenvalue weighted by atomic mass is 10.0. The summed E-state index contributed by atoms with van der Waals surface area (Å²) >= 11 is 0. The molecular weight excluding hydrogens is 523 g/mol. The number of H-pyrrole nitrogens is 1. The van der Waals surface area contributed by atoms with E-state index in [4.69, 9.17) is 5.73 Å². The van der Waals surface area contributed by atoms with Crippen LogP contribution in [-0.2, 0) is 18.4 Å². The lowest BCUT2D eigenvalue weighted by molar-refractivity contribution is -0.138. The molecule has 0 aliphatic carbocycles. The van der Waals surface area contributed by atoms with Gasteiger partial charge >= 0.3 is 6.18 Å². The minimum atomic E-state index is -4.74. The molecule has 0 amide bonds. The summed E-state index contributed by atoms with van der Waals surface area (Å²) in [6.07, 6.45) is 3.48. The third-order valence-electron chi connectivity index (χ3n) is 5.82. The van der Waals surface area contributed by atoms with Gasteiger partial charge in [0.25, 0.3) is 11.1 Å². The molecule has 4 rings (SSSR count). The average molecular weight is 551 g/mol. The number of nitrogens with zero attached hydrogens (tertiary/aromatic N) is 4. The van der Waals surface area contributed by atoms with Crippen LogP contribution in [0.3, 0.4) is 0 Å². The smallest absolute Gasteiger partial charge is 0.397 e. The lowest BCUT2D eigenvalue weighted by Crippen LogP contribution is -2.24. The Balaban J connectivity index is 0.000000293. The quantitative estimate of drug-likeness (QED) is 0.246. The molecule has 3 N–H and O–H groups in total. The molecule has 0 aliphatic rings. The number of aromatic amines is 1. The van der Waals surface area contributed by atoms with Gasteiger partial charge in [-0.05, 0) is 43.9 Å². The van der Waals surface area contributed by atoms with Gasteiger partial charge in [0.05, 0.1) is 22.8 Å². The summed E-state index contributed by atoms with van der Waals surface area (Å²) in [6, 6.07) is 4.60. The number of hydrogen-bond acceptors (Lipinski definition) is 6. The average Bonchev–Trinajstić information content (AvgIpc) is 2.85. The van der Waals surface area contributed by atoms with Crippen LogP contribution in [-0.4, -0.2) is 24.7 Å². The number of aryl methyl sites for hydroxylation is 1. The molecule has 208 valence electrons. The van der Waals surface area contributed by atoms with Crippen molar-refractivity contribution in [2.45, 2.75) is 58.4 Å². The number of halogens is 5. The first-order valence-corrected chi connectivity index (χ1v) is 12.0. The highest BCUT2D eigenvalue weighted by Crippen LogP contribution is 2.30. The number of alkyl halides is 4. The van der Waals surface area contributed by atoms with Gasteiger partial charge < -0.3 is 10.3 Å². The highest BCUT2D eigenvalue weighted by atomic mass is 19.4. The van der Waals surface area contributed by atoms with E-state index < -0.39 is 34.5 Å². The maximum absolute atomic E-state index is 14.7. The van der Waals surface area contributed by atoms with Crippen LogP contribution in [0.25, 0.3) is 22.2 Å². The van der Waals surface area contributed by atoms with E-state index in [1.54, 1.807) is 28.0 Å². The molecule has 0 atom stereocenters. The number of fused-ring (bicyclic) bond motifs is 1. The van der Waals surface area contributed by atoms with Crippen molar-refractivity contribution in [3.8, 4) is 11.4 Å². The molecule has 13 heteroatoms. The van der Waals surface area contributed by atoms with Crippen molar-refractivity contribution in [1.82, 2.24) is 24.7 Å². The first-order valence-electron chi connectivity index (χ1n) is 12.0. The fourth-order valence-corrected chi connectivity index (χ4v) is 3.66. The molecule has 1 aromatic carbocycles. The predicted octanol–water partition coefficient (Wildman–Crippen LogP) is 5.36. The molecule has 3 aromatic heterocycles. The zero-order valence-corrected chi connectivity index (χ0v) is 21.4. The highest BCUT2D eigenvalue weighted by Gasteiger charge is 2.36. The van der Waals surface area contributed by atoms with Crippen LogP contribution < -0.4 is 16.9 Å². The second-order valence-corrected chi connectivity index (χ2v) is 9.24. The van der Waals surface area contributed by atoms with Crippen LogP contribution in [0.15, 0.2) is 52.6 Å². The Bertz CT molecular complexity index is 1560. The van der Waals surface area contributed by atoms with E-state index in [1.807, 2.05) is 0 Å². The number of pyridine rings is 1. The monoisotopic (exact) mass is 550 g/mol. The van der Waals surface area contributed by atoms with Gasteiger partial charge in [0.1, 0.15) is 17.0 Å². The van der Waals surface area contributed by atoms with Crippen LogP contribution in [0.4, 0.5) is 27.6 Å². The molecule has 4 aromatic rings. The number of anilines is 1. The van der Waals surface area contributed by atoms with Crippen LogP contribution in [0.2, 0.25) is 0 Å². The van der Waals surface area contributed by atoms with E-state index in [-0.39, 0.29) is 16.9 Å². The first kappa shape index (κ1) is 29.4. The Hall–Kier alpha value is -4.16. The van der Waals surface area contributed by atoms with Gasteiger partial charge in [-0.2, -0.15) is 18.3 Å². The summed E-state index contributed by atoms with van der Waals surface area (Å²) in [5.74, 6) is -0.410. The number of hydrogen-bond donors (Lipinski definition) is 2. The number of nitrogens with one attached hydrogen (secondary N) is 1. The molecule has 0 spiro atoms. The van der Waals surface area contributed by atoms with Crippen molar-refractivity contribution >= 4 is 16.5 Å². The van der Waals surface area contributed by atoms with Crippen molar-refractivity contribution < 1.29 is 22.0 Å². The molecule has 0 aliphatic heterocycles. The van der Waals surface area contributed by atoms with Gasteiger partial charge in [-0.3, -0.25) is 9.59 Å². The molecule has 8 nitrogen and oxygen atoms in total. The SMILES string of the molecule is CCCCCn1ccc2cc(-c3ncc(C(C)(C)F)cn3)c(F)cc2c1=O.Nc1cn[nH]c(=O)c1C(F)(F)F. The highest BCUT2D eigenvalue weighted by molar-refractivity contribution is 5.85. The van der Waals surface area contributed by atoms with Gasteiger partial charge in [0.2, 0.25) is 0 Å². The Labute approximate surface area is 219 Å². The Morgan fingerprint density at radius 2 is 1.69 bits per heavy atom. The predicted molar refractivity (Wildman–Crippen MR) is 137 cm³/mol. The van der Waals surface area contributed by atoms with Crippen LogP contribution >= 0.6 is 0 Å². The fraction of sp³-hybridized carbons (Fsp3) is 0.346. The molecule has 0 fully saturated rings. The summed E-state index contributed by atoms with van der Waals surface area (Å²) < 4.78 is 66.2. The second kappa shape index (κ2) is 11.7. The van der Waals surface area contributed by atoms with E-state index in [1.165, 1.54) is 32.3 Å². The number of aromatic nitrogens is 5. The standard InChI is InChI=1S/C21H23F2N3O.C5H4F3N3O/c1-4-5-6-8-26-9-7-14-10-17(18(22)11-16(14)20(26)27)19-24-12-15(13-25-19)21(2,3)23;6-5(7,8)3-2(9)1-10-11-4(3)12/h7,9-13H,4-6,8H2,1-3H3;1H,(H3,9,11,12). The molecule has 0 bridgehead atoms. The van der Waals surface area contributed by atoms with Crippen LogP contribution in [0.1, 0.15) is 51.2 Å². The minimum absolute atomic E-state index is 0.162. The molecule has 0 saturated carbocycles. The largest absolute Gasteiger partial charge is 0.423 e. The summed E-state index contributed by atoms with van der Waals surface area (Å²) in [4.78, 5) is 31.4. The second-order valence-electron chi connectivity index (χ2n) is 9.24. The molecular formula is C26H27F5N6O2. The number of nitrogen functional groups attached to an aromatic ring is 1. The van der Waals surface area contributed by atoms with Crippen LogP contribution in [0, 0.1) is 5.82 Å². The topological polar surface area (TPSA) is 120 Å². The Morgan fingerprint density at radius 1 is 1.03 bits per heavy atom. The lowest BCUT2D eigenvalue weighted by Gasteiger charge is -2.14. The van der Waals surface area contributed by atoms with Crippen LogP contribution in [0.5, 0.6) is 0 Å². The van der Waals surface area contributed by atoms with Gasteiger partial charge in [0, 0.05) is 30.7 Å². The molecule has 39 heavy (non-hydrogen) atoms. The fourth-order valence-electron chi connectivity index (χ4n) is 3.66. The van der Waals surface area contributed by atoms with Crippen molar-refractivity contribution in [2.24, 2.45) is 0 Å². The van der Waals surface area contributed by atoms with Gasteiger partial charge in [-0.25, -0.2) is 23.8 Å². The van der Waals surface area contributed by atoms with Gasteiger partial charge in [0.15, 0.2) is 5.82 Å². The number of rotatable bonds is 6. The maximum Gasteiger partial charge on any atom is 0.423 e. The summed E-state index contributed by atoms with van der Waals surface area (Å²) in [5, 5.41) is 5.69. The first-order chi connectivity index (χ1) is 18.2. The van der Waals surface area contributed by atoms with Crippen molar-refractivity contribution in [2.75, 3.05) is 5.73 Å². The third kappa shape index (κ3) is 7.03. The van der Waals surface area contributed by atoms with E-state index in [0.29, 0.717) is 22.9 Å². The molecule has 0 saturated heterocycles. The van der Waals surface area contributed by atoms with E-state index in [0.717, 1.165) is 25.5 Å². The zero-order chi connectivity index (χ0) is 29.0. The minimum Gasteiger partial charge on any atom is -0.397 e. The van der Waals surface area contributed by atoms with Gasteiger partial charge in [-0.15, -0.1) is 0 Å². The summed E-state index contributed by atoms with van der Waals surface area (Å²) in [6.45, 7) is 5.54. The maximum atomic E-state index is 14.7. The van der Waals surface area contributed by atoms with Gasteiger partial charge in [-0.1, -0.05) is 19.8 Å². The Kier molecular flexibility index (Phi) is 8.82. The Morgan fingerprint density at radius 3 is 2.23 bits per heavy atom. The normalized spacial score (nSPS) is 11.8. The van der Waals surface area contributed by atoms with Crippen molar-refractivity contribution in [3.63, 3.8) is 0 Å². The summed E-state index contributed by atoms with van der Waals surface area (Å²) in [7, 11) is 0. The number of unbranched alkanes of at least 4 members (excludes halogenated alkanes) is 2. The molecule has 0 radical (unpaired) electrons. The number of nitrogens with two attached hydrogens (primary N) is 1. The van der Waals surface area contributed by atoms with E-state index >= 15 is 0 Å². The van der Waals surface area contributed by atoms with E-state index in [9.17, 15) is 31.5 Å². The third-order valence-corrected chi connectivity index (χ3v) is 5.82. The molecule has 0 unspecified atom stereocenters. The molecule has 3 heterocycles. The zero-order valence-electron chi connectivity index (χ0n) is 21.4. The number of benzene rings is 1.